The molecule has 3 aromatic heterocycles. The van der Waals surface area contributed by atoms with Crippen LogP contribution in [0.5, 0.6) is 0 Å². The summed E-state index contributed by atoms with van der Waals surface area (Å²) in [6.07, 6.45) is 4.22. The molecule has 0 N–H and O–H groups in total. The summed E-state index contributed by atoms with van der Waals surface area (Å²) in [5.74, 6) is 2.57. The summed E-state index contributed by atoms with van der Waals surface area (Å²) < 4.78 is 6.95. The Labute approximate surface area is 160 Å². The van der Waals surface area contributed by atoms with Gasteiger partial charge in [0.1, 0.15) is 12.9 Å². The van der Waals surface area contributed by atoms with Gasteiger partial charge in [-0.15, -0.1) is 0 Å². The lowest BCUT2D eigenvalue weighted by Gasteiger charge is -2.05. The number of nitrogens with zero attached hydrogens (tertiary/aromatic N) is 5. The van der Waals surface area contributed by atoms with Crippen molar-refractivity contribution in [3.05, 3.63) is 81.6 Å². The van der Waals surface area contributed by atoms with Crippen LogP contribution in [0.25, 0.3) is 11.0 Å². The number of aromatic nitrogens is 5. The van der Waals surface area contributed by atoms with Crippen LogP contribution < -0.4 is 5.56 Å². The van der Waals surface area contributed by atoms with Crippen molar-refractivity contribution in [2.24, 2.45) is 5.92 Å². The second kappa shape index (κ2) is 5.58. The van der Waals surface area contributed by atoms with E-state index in [2.05, 4.69) is 44.4 Å². The molecule has 138 valence electrons. The van der Waals surface area contributed by atoms with Gasteiger partial charge in [0.15, 0.2) is 11.5 Å². The molecule has 0 amide bonds. The molecule has 7 nitrogen and oxygen atoms in total. The SMILES string of the molecule is Cc1ccnc2ncn(Cc3nc([C@H]4C5c6ccccc6C[C@@H]54)no3)c(=O)c12. The van der Waals surface area contributed by atoms with E-state index in [1.165, 1.54) is 22.0 Å². The third kappa shape index (κ3) is 2.19. The fourth-order valence-corrected chi connectivity index (χ4v) is 4.66. The van der Waals surface area contributed by atoms with E-state index in [1.807, 2.05) is 13.0 Å². The van der Waals surface area contributed by atoms with Crippen molar-refractivity contribution in [1.29, 1.82) is 0 Å². The Bertz CT molecular complexity index is 1290. The summed E-state index contributed by atoms with van der Waals surface area (Å²) in [6, 6.07) is 10.4. The minimum Gasteiger partial charge on any atom is -0.337 e. The third-order valence-electron chi connectivity index (χ3n) is 6.06. The van der Waals surface area contributed by atoms with Gasteiger partial charge in [-0.3, -0.25) is 9.36 Å². The zero-order valence-electron chi connectivity index (χ0n) is 15.2. The van der Waals surface area contributed by atoms with E-state index < -0.39 is 0 Å². The molecule has 4 aromatic rings. The Hall–Kier alpha value is -3.35. The Morgan fingerprint density at radius 1 is 1.18 bits per heavy atom. The average molecular weight is 371 g/mol. The van der Waals surface area contributed by atoms with Gasteiger partial charge in [0.25, 0.3) is 5.56 Å². The average Bonchev–Trinajstić information content (AvgIpc) is 3.04. The molecule has 7 heteroatoms. The van der Waals surface area contributed by atoms with Gasteiger partial charge in [-0.05, 0) is 47.9 Å². The molecular formula is C21H17N5O2. The largest absolute Gasteiger partial charge is 0.337 e. The van der Waals surface area contributed by atoms with E-state index in [9.17, 15) is 4.79 Å². The first kappa shape index (κ1) is 15.7. The minimum atomic E-state index is -0.146. The maximum atomic E-state index is 12.8. The first-order valence-electron chi connectivity index (χ1n) is 9.42. The number of fused-ring (bicyclic) bond motifs is 4. The number of pyridine rings is 1. The van der Waals surface area contributed by atoms with Gasteiger partial charge in [0.05, 0.1) is 5.39 Å². The van der Waals surface area contributed by atoms with Crippen LogP contribution in [0.2, 0.25) is 0 Å². The van der Waals surface area contributed by atoms with Crippen LogP contribution in [0.4, 0.5) is 0 Å². The van der Waals surface area contributed by atoms with E-state index >= 15 is 0 Å². The predicted molar refractivity (Wildman–Crippen MR) is 101 cm³/mol. The summed E-state index contributed by atoms with van der Waals surface area (Å²) >= 11 is 0. The number of hydrogen-bond acceptors (Lipinski definition) is 6. The maximum Gasteiger partial charge on any atom is 0.263 e. The molecule has 0 aliphatic heterocycles. The first-order chi connectivity index (χ1) is 13.7. The normalized spacial score (nSPS) is 22.2. The van der Waals surface area contributed by atoms with E-state index in [4.69, 9.17) is 4.52 Å². The van der Waals surface area contributed by atoms with Crippen LogP contribution in [-0.2, 0) is 13.0 Å². The Kier molecular flexibility index (Phi) is 3.12. The molecular weight excluding hydrogens is 354 g/mol. The van der Waals surface area contributed by atoms with E-state index in [1.54, 1.807) is 6.20 Å². The smallest absolute Gasteiger partial charge is 0.263 e. The van der Waals surface area contributed by atoms with E-state index in [-0.39, 0.29) is 12.1 Å². The number of aryl methyl sites for hydroxylation is 1. The standard InChI is InChI=1S/C21H17N5O2/c1-11-6-7-22-19-16(11)21(27)26(10-23-19)9-15-24-20(25-28-15)18-14-8-12-4-2-3-5-13(12)17(14)18/h2-7,10,14,17-18H,8-9H2,1H3/t14-,17?,18+/m0/s1. The number of hydrogen-bond donors (Lipinski definition) is 0. The molecule has 1 fully saturated rings. The molecule has 0 radical (unpaired) electrons. The van der Waals surface area contributed by atoms with Crippen molar-refractivity contribution in [1.82, 2.24) is 24.7 Å². The molecule has 0 spiro atoms. The van der Waals surface area contributed by atoms with Crippen molar-refractivity contribution >= 4 is 11.0 Å². The lowest BCUT2D eigenvalue weighted by atomic mass is 10.0. The van der Waals surface area contributed by atoms with Crippen LogP contribution in [0.3, 0.4) is 0 Å². The highest BCUT2D eigenvalue weighted by Gasteiger charge is 2.58. The highest BCUT2D eigenvalue weighted by atomic mass is 16.5. The molecule has 2 aliphatic rings. The molecule has 1 saturated carbocycles. The number of rotatable bonds is 3. The molecule has 1 aromatic carbocycles. The van der Waals surface area contributed by atoms with Crippen LogP contribution >= 0.6 is 0 Å². The molecule has 1 unspecified atom stereocenters. The van der Waals surface area contributed by atoms with Crippen LogP contribution in [0.15, 0.2) is 52.2 Å². The van der Waals surface area contributed by atoms with Gasteiger partial charge in [-0.25, -0.2) is 9.97 Å². The number of benzene rings is 1. The van der Waals surface area contributed by atoms with Crippen molar-refractivity contribution in [3.63, 3.8) is 0 Å². The molecule has 28 heavy (non-hydrogen) atoms. The van der Waals surface area contributed by atoms with Gasteiger partial charge >= 0.3 is 0 Å². The monoisotopic (exact) mass is 371 g/mol. The molecule has 0 saturated heterocycles. The summed E-state index contributed by atoms with van der Waals surface area (Å²) in [5, 5.41) is 4.73. The van der Waals surface area contributed by atoms with Gasteiger partial charge in [-0.2, -0.15) is 4.98 Å². The summed E-state index contributed by atoms with van der Waals surface area (Å²) in [6.45, 7) is 2.09. The topological polar surface area (TPSA) is 86.7 Å². The quantitative estimate of drug-likeness (QED) is 0.550. The fourth-order valence-electron chi connectivity index (χ4n) is 4.66. The van der Waals surface area contributed by atoms with Crippen LogP contribution in [-0.4, -0.2) is 24.7 Å². The van der Waals surface area contributed by atoms with Crippen LogP contribution in [0.1, 0.15) is 40.2 Å². The Balaban J connectivity index is 1.28. The highest BCUT2D eigenvalue weighted by Crippen LogP contribution is 2.65. The first-order valence-corrected chi connectivity index (χ1v) is 9.42. The van der Waals surface area contributed by atoms with Gasteiger partial charge in [0, 0.05) is 12.1 Å². The molecule has 0 bridgehead atoms. The van der Waals surface area contributed by atoms with Crippen molar-refractivity contribution < 1.29 is 4.52 Å². The molecule has 2 aliphatic carbocycles. The van der Waals surface area contributed by atoms with Crippen LogP contribution in [0, 0.1) is 12.8 Å². The third-order valence-corrected chi connectivity index (χ3v) is 6.06. The fraction of sp³-hybridized carbons (Fsp3) is 0.286. The minimum absolute atomic E-state index is 0.146. The van der Waals surface area contributed by atoms with Crippen molar-refractivity contribution in [2.75, 3.05) is 0 Å². The van der Waals surface area contributed by atoms with Gasteiger partial charge in [-0.1, -0.05) is 29.4 Å². The Morgan fingerprint density at radius 2 is 2.07 bits per heavy atom. The maximum absolute atomic E-state index is 12.8. The molecule has 6 rings (SSSR count). The molecule has 3 atom stereocenters. The highest BCUT2D eigenvalue weighted by molar-refractivity contribution is 5.76. The lowest BCUT2D eigenvalue weighted by molar-refractivity contribution is 0.364. The van der Waals surface area contributed by atoms with E-state index in [0.29, 0.717) is 34.7 Å². The second-order valence-electron chi connectivity index (χ2n) is 7.67. The zero-order chi connectivity index (χ0) is 18.8. The zero-order valence-corrected chi connectivity index (χ0v) is 15.2. The summed E-state index contributed by atoms with van der Waals surface area (Å²) in [5.41, 5.74) is 4.02. The summed E-state index contributed by atoms with van der Waals surface area (Å²) in [7, 11) is 0. The van der Waals surface area contributed by atoms with Crippen molar-refractivity contribution in [2.45, 2.75) is 31.7 Å². The van der Waals surface area contributed by atoms with E-state index in [0.717, 1.165) is 17.8 Å². The van der Waals surface area contributed by atoms with Gasteiger partial charge in [0.2, 0.25) is 5.89 Å². The molecule has 3 heterocycles. The summed E-state index contributed by atoms with van der Waals surface area (Å²) in [4.78, 5) is 25.8. The predicted octanol–water partition coefficient (Wildman–Crippen LogP) is 2.58. The van der Waals surface area contributed by atoms with Crippen molar-refractivity contribution in [3.8, 4) is 0 Å². The second-order valence-corrected chi connectivity index (χ2v) is 7.67. The lowest BCUT2D eigenvalue weighted by Crippen LogP contribution is -2.22. The van der Waals surface area contributed by atoms with Gasteiger partial charge < -0.3 is 4.52 Å². The Morgan fingerprint density at radius 3 is 3.00 bits per heavy atom.